The molecule has 18 heavy (non-hydrogen) atoms. The van der Waals surface area contributed by atoms with E-state index in [1.807, 2.05) is 24.3 Å². The summed E-state index contributed by atoms with van der Waals surface area (Å²) in [7, 11) is 1.71. The van der Waals surface area contributed by atoms with Gasteiger partial charge in [0.25, 0.3) is 0 Å². The molecule has 2 atom stereocenters. The van der Waals surface area contributed by atoms with Crippen molar-refractivity contribution >= 4 is 17.7 Å². The lowest BCUT2D eigenvalue weighted by Crippen LogP contribution is -2.42. The smallest absolute Gasteiger partial charge is 0.322 e. The minimum absolute atomic E-state index is 0.374. The number of carboxylic acids is 1. The number of benzene rings is 1. The molecule has 0 bridgehead atoms. The number of aliphatic carboxylic acids is 1. The normalized spacial score (nSPS) is 14.5. The zero-order chi connectivity index (χ0) is 13.7. The molecule has 1 aromatic rings. The van der Waals surface area contributed by atoms with Crippen molar-refractivity contribution in [3.05, 3.63) is 29.8 Å². The number of hydrogen-bond donors (Lipinski definition) is 3. The van der Waals surface area contributed by atoms with Gasteiger partial charge in [-0.1, -0.05) is 26.0 Å². The molecule has 1 rings (SSSR count). The van der Waals surface area contributed by atoms with Crippen LogP contribution in [0.25, 0.3) is 0 Å². The van der Waals surface area contributed by atoms with Gasteiger partial charge in [0, 0.05) is 10.1 Å². The number of likely N-dealkylation sites (N-methyl/N-ethyl adjacent to an activating group) is 1. The van der Waals surface area contributed by atoms with Gasteiger partial charge in [-0.05, 0) is 24.7 Å². The Balaban J connectivity index is 2.85. The quantitative estimate of drug-likeness (QED) is 0.687. The first-order valence-electron chi connectivity index (χ1n) is 5.88. The Hall–Kier alpha value is -1.04. The summed E-state index contributed by atoms with van der Waals surface area (Å²) >= 11 is 1.77. The molecule has 4 N–H and O–H groups in total. The highest BCUT2D eigenvalue weighted by Gasteiger charge is 2.24. The molecule has 1 aromatic carbocycles. The second kappa shape index (κ2) is 6.78. The van der Waals surface area contributed by atoms with Gasteiger partial charge in [0.15, 0.2) is 0 Å². The SMILES string of the molecule is CNC(c1ccc(SC(C)C)cc1)C(N)C(=O)O. The topological polar surface area (TPSA) is 75.3 Å². The lowest BCUT2D eigenvalue weighted by Gasteiger charge is -2.20. The van der Waals surface area contributed by atoms with Crippen molar-refractivity contribution in [3.8, 4) is 0 Å². The third kappa shape index (κ3) is 4.01. The summed E-state index contributed by atoms with van der Waals surface area (Å²) in [6.07, 6.45) is 0. The predicted octanol–water partition coefficient (Wildman–Crippen LogP) is 1.86. The van der Waals surface area contributed by atoms with E-state index in [4.69, 9.17) is 10.8 Å². The summed E-state index contributed by atoms with van der Waals surface area (Å²) in [6, 6.07) is 6.53. The summed E-state index contributed by atoms with van der Waals surface area (Å²) in [5.41, 5.74) is 6.54. The molecule has 0 heterocycles. The van der Waals surface area contributed by atoms with E-state index in [2.05, 4.69) is 19.2 Å². The molecule has 0 fully saturated rings. The number of thioether (sulfide) groups is 1. The van der Waals surface area contributed by atoms with Gasteiger partial charge in [0.05, 0.1) is 6.04 Å². The van der Waals surface area contributed by atoms with Crippen molar-refractivity contribution in [2.45, 2.75) is 36.1 Å². The standard InChI is InChI=1S/C13H20N2O2S/c1-8(2)18-10-6-4-9(5-7-10)12(15-3)11(14)13(16)17/h4-8,11-12,15H,14H2,1-3H3,(H,16,17). The third-order valence-electron chi connectivity index (χ3n) is 2.57. The molecule has 0 amide bonds. The van der Waals surface area contributed by atoms with Crippen LogP contribution in [0.15, 0.2) is 29.2 Å². The Labute approximate surface area is 112 Å². The largest absolute Gasteiger partial charge is 0.480 e. The molecule has 0 aliphatic heterocycles. The van der Waals surface area contributed by atoms with Gasteiger partial charge in [-0.25, -0.2) is 0 Å². The van der Waals surface area contributed by atoms with E-state index in [0.717, 1.165) is 5.56 Å². The van der Waals surface area contributed by atoms with Crippen LogP contribution in [-0.4, -0.2) is 29.4 Å². The van der Waals surface area contributed by atoms with E-state index in [-0.39, 0.29) is 6.04 Å². The summed E-state index contributed by atoms with van der Waals surface area (Å²) in [4.78, 5) is 12.1. The van der Waals surface area contributed by atoms with E-state index in [9.17, 15) is 4.79 Å². The van der Waals surface area contributed by atoms with E-state index >= 15 is 0 Å². The molecule has 0 aromatic heterocycles. The zero-order valence-electron chi connectivity index (χ0n) is 10.9. The molecule has 5 heteroatoms. The number of nitrogens with two attached hydrogens (primary N) is 1. The number of carboxylic acid groups (broad SMARTS) is 1. The van der Waals surface area contributed by atoms with Crippen molar-refractivity contribution < 1.29 is 9.90 Å². The molecule has 0 saturated carbocycles. The Kier molecular flexibility index (Phi) is 5.65. The maximum atomic E-state index is 10.9. The van der Waals surface area contributed by atoms with Crippen LogP contribution in [0.4, 0.5) is 0 Å². The number of nitrogens with one attached hydrogen (secondary N) is 1. The van der Waals surface area contributed by atoms with Crippen molar-refractivity contribution in [3.63, 3.8) is 0 Å². The Morgan fingerprint density at radius 1 is 1.33 bits per heavy atom. The molecule has 0 spiro atoms. The van der Waals surface area contributed by atoms with E-state index in [0.29, 0.717) is 5.25 Å². The van der Waals surface area contributed by atoms with Crippen LogP contribution >= 0.6 is 11.8 Å². The highest BCUT2D eigenvalue weighted by atomic mass is 32.2. The van der Waals surface area contributed by atoms with Gasteiger partial charge >= 0.3 is 5.97 Å². The highest BCUT2D eigenvalue weighted by Crippen LogP contribution is 2.25. The second-order valence-corrected chi connectivity index (χ2v) is 6.02. The van der Waals surface area contributed by atoms with Crippen LogP contribution in [0.3, 0.4) is 0 Å². The fraction of sp³-hybridized carbons (Fsp3) is 0.462. The van der Waals surface area contributed by atoms with E-state index in [1.165, 1.54) is 4.90 Å². The number of hydrogen-bond acceptors (Lipinski definition) is 4. The maximum Gasteiger partial charge on any atom is 0.322 e. The summed E-state index contributed by atoms with van der Waals surface area (Å²) in [5.74, 6) is -1.00. The Morgan fingerprint density at radius 3 is 2.28 bits per heavy atom. The molecule has 4 nitrogen and oxygen atoms in total. The van der Waals surface area contributed by atoms with Crippen LogP contribution in [0.1, 0.15) is 25.5 Å². The first-order chi connectivity index (χ1) is 8.45. The van der Waals surface area contributed by atoms with Crippen LogP contribution in [0.2, 0.25) is 0 Å². The fourth-order valence-electron chi connectivity index (χ4n) is 1.72. The third-order valence-corrected chi connectivity index (χ3v) is 3.58. The molecular formula is C13H20N2O2S. The lowest BCUT2D eigenvalue weighted by molar-refractivity contribution is -0.139. The lowest BCUT2D eigenvalue weighted by atomic mass is 10.0. The minimum atomic E-state index is -1.00. The molecule has 0 saturated heterocycles. The van der Waals surface area contributed by atoms with E-state index < -0.39 is 12.0 Å². The van der Waals surface area contributed by atoms with Gasteiger partial charge < -0.3 is 16.2 Å². The molecular weight excluding hydrogens is 248 g/mol. The highest BCUT2D eigenvalue weighted by molar-refractivity contribution is 7.99. The van der Waals surface area contributed by atoms with Crippen molar-refractivity contribution in [2.75, 3.05) is 7.05 Å². The molecule has 0 radical (unpaired) electrons. The molecule has 0 aliphatic carbocycles. The van der Waals surface area contributed by atoms with Gasteiger partial charge in [0.1, 0.15) is 6.04 Å². The predicted molar refractivity (Wildman–Crippen MR) is 74.8 cm³/mol. The van der Waals surface area contributed by atoms with Gasteiger partial charge in [-0.15, -0.1) is 11.8 Å². The van der Waals surface area contributed by atoms with Crippen molar-refractivity contribution in [1.82, 2.24) is 5.32 Å². The van der Waals surface area contributed by atoms with Crippen molar-refractivity contribution in [1.29, 1.82) is 0 Å². The molecule has 100 valence electrons. The van der Waals surface area contributed by atoms with Crippen molar-refractivity contribution in [2.24, 2.45) is 5.73 Å². The Bertz CT molecular complexity index is 392. The maximum absolute atomic E-state index is 10.9. The average molecular weight is 268 g/mol. The van der Waals surface area contributed by atoms with Gasteiger partial charge in [-0.3, -0.25) is 4.79 Å². The average Bonchev–Trinajstić information content (AvgIpc) is 2.31. The van der Waals surface area contributed by atoms with Crippen LogP contribution in [-0.2, 0) is 4.79 Å². The Morgan fingerprint density at radius 2 is 1.89 bits per heavy atom. The van der Waals surface area contributed by atoms with E-state index in [1.54, 1.807) is 18.8 Å². The fourth-order valence-corrected chi connectivity index (χ4v) is 2.56. The van der Waals surface area contributed by atoms with Crippen LogP contribution in [0.5, 0.6) is 0 Å². The monoisotopic (exact) mass is 268 g/mol. The first-order valence-corrected chi connectivity index (χ1v) is 6.76. The van der Waals surface area contributed by atoms with Crippen LogP contribution in [0, 0.1) is 0 Å². The summed E-state index contributed by atoms with van der Waals surface area (Å²) in [6.45, 7) is 4.27. The molecule has 0 aliphatic rings. The number of rotatable bonds is 6. The zero-order valence-corrected chi connectivity index (χ0v) is 11.7. The minimum Gasteiger partial charge on any atom is -0.480 e. The summed E-state index contributed by atoms with van der Waals surface area (Å²) in [5, 5.41) is 12.4. The van der Waals surface area contributed by atoms with Gasteiger partial charge in [-0.2, -0.15) is 0 Å². The van der Waals surface area contributed by atoms with Gasteiger partial charge in [0.2, 0.25) is 0 Å². The van der Waals surface area contributed by atoms with Crippen LogP contribution < -0.4 is 11.1 Å². The number of carbonyl (C=O) groups is 1. The molecule has 2 unspecified atom stereocenters. The second-order valence-electron chi connectivity index (χ2n) is 4.37. The first kappa shape index (κ1) is 15.0. The summed E-state index contributed by atoms with van der Waals surface area (Å²) < 4.78 is 0.